The van der Waals surface area contributed by atoms with Crippen molar-refractivity contribution in [3.8, 4) is 0 Å². The molecule has 0 radical (unpaired) electrons. The highest BCUT2D eigenvalue weighted by atomic mass is 79.9. The van der Waals surface area contributed by atoms with Crippen molar-refractivity contribution in [2.24, 2.45) is 0 Å². The number of hydrogen-bond donors (Lipinski definition) is 2. The maximum atomic E-state index is 12.3. The first kappa shape index (κ1) is 15.4. The fraction of sp³-hybridized carbons (Fsp3) is 0. The molecular formula is C12H9BrCl2N2O2S. The summed E-state index contributed by atoms with van der Waals surface area (Å²) in [5, 5.41) is 0.320. The van der Waals surface area contributed by atoms with Crippen molar-refractivity contribution >= 4 is 60.5 Å². The van der Waals surface area contributed by atoms with Crippen molar-refractivity contribution in [1.82, 2.24) is 0 Å². The van der Waals surface area contributed by atoms with Crippen LogP contribution in [0.4, 0.5) is 11.4 Å². The lowest BCUT2D eigenvalue weighted by atomic mass is 10.3. The smallest absolute Gasteiger partial charge is 0.263 e. The van der Waals surface area contributed by atoms with Crippen LogP contribution in [0, 0.1) is 0 Å². The summed E-state index contributed by atoms with van der Waals surface area (Å²) in [5.41, 5.74) is 6.24. The molecular weight excluding hydrogens is 387 g/mol. The summed E-state index contributed by atoms with van der Waals surface area (Å²) in [7, 11) is -3.82. The lowest BCUT2D eigenvalue weighted by Gasteiger charge is -2.11. The van der Waals surface area contributed by atoms with Gasteiger partial charge in [0.2, 0.25) is 0 Å². The molecule has 2 aromatic rings. The first-order valence-electron chi connectivity index (χ1n) is 5.32. The number of nitrogens with one attached hydrogen (secondary N) is 1. The monoisotopic (exact) mass is 394 g/mol. The predicted molar refractivity (Wildman–Crippen MR) is 85.8 cm³/mol. The van der Waals surface area contributed by atoms with Crippen molar-refractivity contribution in [3.63, 3.8) is 0 Å². The summed E-state index contributed by atoms with van der Waals surface area (Å²) < 4.78 is 27.6. The van der Waals surface area contributed by atoms with E-state index in [9.17, 15) is 8.42 Å². The average molecular weight is 396 g/mol. The van der Waals surface area contributed by atoms with E-state index in [1.165, 1.54) is 24.3 Å². The summed E-state index contributed by atoms with van der Waals surface area (Å²) in [6.45, 7) is 0. The Kier molecular flexibility index (Phi) is 4.49. The van der Waals surface area contributed by atoms with Crippen LogP contribution in [-0.2, 0) is 10.0 Å². The number of sulfonamides is 1. The second-order valence-electron chi connectivity index (χ2n) is 3.92. The van der Waals surface area contributed by atoms with E-state index in [-0.39, 0.29) is 20.6 Å². The quantitative estimate of drug-likeness (QED) is 0.767. The standard InChI is InChI=1S/C12H9BrCl2N2O2S/c13-7-1-4-12(10(15)5-7)20(18,19)17-11-3-2-8(16)6-9(11)14/h1-6,17H,16H2. The van der Waals surface area contributed by atoms with E-state index in [1.807, 2.05) is 0 Å². The summed E-state index contributed by atoms with van der Waals surface area (Å²) in [5.74, 6) is 0. The zero-order chi connectivity index (χ0) is 14.9. The lowest BCUT2D eigenvalue weighted by molar-refractivity contribution is 0.601. The second-order valence-corrected chi connectivity index (χ2v) is 7.30. The highest BCUT2D eigenvalue weighted by molar-refractivity contribution is 9.10. The third kappa shape index (κ3) is 3.38. The molecule has 0 spiro atoms. The molecule has 2 aromatic carbocycles. The molecule has 0 aliphatic rings. The van der Waals surface area contributed by atoms with E-state index in [0.717, 1.165) is 0 Å². The summed E-state index contributed by atoms with van der Waals surface area (Å²) in [6.07, 6.45) is 0. The van der Waals surface area contributed by atoms with Gasteiger partial charge in [0.1, 0.15) is 4.90 Å². The molecule has 0 bridgehead atoms. The van der Waals surface area contributed by atoms with Crippen LogP contribution in [0.3, 0.4) is 0 Å². The minimum atomic E-state index is -3.82. The Balaban J connectivity index is 2.41. The Morgan fingerprint density at radius 1 is 1.05 bits per heavy atom. The molecule has 4 nitrogen and oxygen atoms in total. The van der Waals surface area contributed by atoms with Gasteiger partial charge in [0.25, 0.3) is 10.0 Å². The molecule has 0 fully saturated rings. The van der Waals surface area contributed by atoms with Gasteiger partial charge >= 0.3 is 0 Å². The van der Waals surface area contributed by atoms with E-state index in [2.05, 4.69) is 20.7 Å². The Labute approximate surface area is 135 Å². The van der Waals surface area contributed by atoms with Crippen LogP contribution in [0.1, 0.15) is 0 Å². The van der Waals surface area contributed by atoms with Gasteiger partial charge < -0.3 is 5.73 Å². The van der Waals surface area contributed by atoms with Gasteiger partial charge in [-0.15, -0.1) is 0 Å². The molecule has 106 valence electrons. The minimum Gasteiger partial charge on any atom is -0.399 e. The fourth-order valence-electron chi connectivity index (χ4n) is 1.51. The van der Waals surface area contributed by atoms with Crippen LogP contribution in [0.2, 0.25) is 10.0 Å². The van der Waals surface area contributed by atoms with E-state index in [0.29, 0.717) is 10.2 Å². The minimum absolute atomic E-state index is 0.0322. The molecule has 0 aromatic heterocycles. The molecule has 0 aliphatic carbocycles. The van der Waals surface area contributed by atoms with E-state index < -0.39 is 10.0 Å². The largest absolute Gasteiger partial charge is 0.399 e. The van der Waals surface area contributed by atoms with Gasteiger partial charge in [0.05, 0.1) is 15.7 Å². The zero-order valence-corrected chi connectivity index (χ0v) is 13.8. The van der Waals surface area contributed by atoms with Gasteiger partial charge in [0.15, 0.2) is 0 Å². The zero-order valence-electron chi connectivity index (χ0n) is 9.90. The Morgan fingerprint density at radius 2 is 1.75 bits per heavy atom. The van der Waals surface area contributed by atoms with Crippen molar-refractivity contribution in [2.45, 2.75) is 4.90 Å². The van der Waals surface area contributed by atoms with E-state index >= 15 is 0 Å². The van der Waals surface area contributed by atoms with E-state index in [1.54, 1.807) is 12.1 Å². The molecule has 20 heavy (non-hydrogen) atoms. The third-order valence-corrected chi connectivity index (χ3v) is 5.08. The Bertz CT molecular complexity index is 766. The van der Waals surface area contributed by atoms with Crippen LogP contribution in [0.15, 0.2) is 45.8 Å². The topological polar surface area (TPSA) is 72.2 Å². The predicted octanol–water partition coefficient (Wildman–Crippen LogP) is 4.14. The summed E-state index contributed by atoms with van der Waals surface area (Å²) >= 11 is 15.1. The van der Waals surface area contributed by atoms with Gasteiger partial charge in [0, 0.05) is 10.2 Å². The first-order chi connectivity index (χ1) is 9.29. The summed E-state index contributed by atoms with van der Waals surface area (Å²) in [6, 6.07) is 8.99. The molecule has 8 heteroatoms. The highest BCUT2D eigenvalue weighted by Crippen LogP contribution is 2.30. The number of nitrogens with two attached hydrogens (primary N) is 1. The second kappa shape index (κ2) is 5.81. The van der Waals surface area contributed by atoms with Crippen molar-refractivity contribution in [2.75, 3.05) is 10.5 Å². The molecule has 2 rings (SSSR count). The normalized spacial score (nSPS) is 11.3. The molecule has 0 saturated carbocycles. The molecule has 0 atom stereocenters. The number of anilines is 2. The van der Waals surface area contributed by atoms with Gasteiger partial charge in [-0.1, -0.05) is 39.1 Å². The molecule has 3 N–H and O–H groups in total. The van der Waals surface area contributed by atoms with Crippen molar-refractivity contribution in [1.29, 1.82) is 0 Å². The molecule has 0 aliphatic heterocycles. The van der Waals surface area contributed by atoms with Crippen molar-refractivity contribution < 1.29 is 8.42 Å². The lowest BCUT2D eigenvalue weighted by Crippen LogP contribution is -2.13. The Hall–Kier alpha value is -0.950. The van der Waals surface area contributed by atoms with Gasteiger partial charge in [-0.25, -0.2) is 8.42 Å². The third-order valence-electron chi connectivity index (χ3n) is 2.42. The van der Waals surface area contributed by atoms with Crippen LogP contribution in [0.25, 0.3) is 0 Å². The average Bonchev–Trinajstić information content (AvgIpc) is 2.32. The fourth-order valence-corrected chi connectivity index (χ4v) is 3.92. The molecule has 0 saturated heterocycles. The highest BCUT2D eigenvalue weighted by Gasteiger charge is 2.19. The Morgan fingerprint density at radius 3 is 2.35 bits per heavy atom. The molecule has 0 amide bonds. The molecule has 0 unspecified atom stereocenters. The van der Waals surface area contributed by atoms with Crippen LogP contribution >= 0.6 is 39.1 Å². The number of nitrogen functional groups attached to an aromatic ring is 1. The van der Waals surface area contributed by atoms with Crippen LogP contribution < -0.4 is 10.5 Å². The molecule has 0 heterocycles. The van der Waals surface area contributed by atoms with Gasteiger partial charge in [-0.2, -0.15) is 0 Å². The first-order valence-corrected chi connectivity index (χ1v) is 8.36. The number of benzene rings is 2. The number of rotatable bonds is 3. The van der Waals surface area contributed by atoms with Gasteiger partial charge in [-0.05, 0) is 36.4 Å². The number of halogens is 3. The summed E-state index contributed by atoms with van der Waals surface area (Å²) in [4.78, 5) is -0.0322. The maximum absolute atomic E-state index is 12.3. The van der Waals surface area contributed by atoms with Gasteiger partial charge in [-0.3, -0.25) is 4.72 Å². The SMILES string of the molecule is Nc1ccc(NS(=O)(=O)c2ccc(Br)cc2Cl)c(Cl)c1. The van der Waals surface area contributed by atoms with Crippen molar-refractivity contribution in [3.05, 3.63) is 50.9 Å². The van der Waals surface area contributed by atoms with Crippen LogP contribution in [0.5, 0.6) is 0 Å². The maximum Gasteiger partial charge on any atom is 0.263 e. The number of hydrogen-bond acceptors (Lipinski definition) is 3. The van der Waals surface area contributed by atoms with E-state index in [4.69, 9.17) is 28.9 Å². The van der Waals surface area contributed by atoms with Crippen LogP contribution in [-0.4, -0.2) is 8.42 Å².